The second-order valence-corrected chi connectivity index (χ2v) is 15.1. The van der Waals surface area contributed by atoms with Crippen LogP contribution in [0, 0.1) is 0 Å². The molecular weight excluding hydrogens is 753 g/mol. The van der Waals surface area contributed by atoms with E-state index in [1.807, 2.05) is 60.7 Å². The first kappa shape index (κ1) is 40.2. The summed E-state index contributed by atoms with van der Waals surface area (Å²) >= 11 is 0. The van der Waals surface area contributed by atoms with Crippen LogP contribution in [-0.4, -0.2) is 68.7 Å². The van der Waals surface area contributed by atoms with Gasteiger partial charge in [-0.25, -0.2) is 0 Å². The molecule has 13 nitrogen and oxygen atoms in total. The predicted octanol–water partition coefficient (Wildman–Crippen LogP) is 5.74. The molecule has 59 heavy (non-hydrogen) atoms. The second kappa shape index (κ2) is 16.5. The Balaban J connectivity index is 1.08. The Morgan fingerprint density at radius 1 is 0.542 bits per heavy atom. The zero-order chi connectivity index (χ0) is 41.9. The topological polar surface area (TPSA) is 215 Å². The van der Waals surface area contributed by atoms with Crippen molar-refractivity contribution in [2.24, 2.45) is 11.5 Å². The van der Waals surface area contributed by atoms with Crippen LogP contribution in [0.2, 0.25) is 0 Å². The maximum atomic E-state index is 14.2. The Bertz CT molecular complexity index is 2220. The largest absolute Gasteiger partial charge is 0.481 e. The lowest BCUT2D eigenvalue weighted by Gasteiger charge is -2.35. The van der Waals surface area contributed by atoms with Crippen LogP contribution in [0.1, 0.15) is 72.9 Å². The maximum Gasteiger partial charge on any atom is 0.305 e. The summed E-state index contributed by atoms with van der Waals surface area (Å²) in [6, 6.07) is 34.2. The number of furan rings is 1. The van der Waals surface area contributed by atoms with E-state index in [9.17, 15) is 39.0 Å². The molecule has 7 rings (SSSR count). The van der Waals surface area contributed by atoms with Crippen LogP contribution >= 0.6 is 0 Å². The summed E-state index contributed by atoms with van der Waals surface area (Å²) in [7, 11) is 0. The van der Waals surface area contributed by atoms with E-state index in [4.69, 9.17) is 15.9 Å². The van der Waals surface area contributed by atoms with Crippen molar-refractivity contribution in [2.45, 2.75) is 61.4 Å². The summed E-state index contributed by atoms with van der Waals surface area (Å²) in [5, 5.41) is 19.6. The van der Waals surface area contributed by atoms with E-state index in [-0.39, 0.29) is 11.1 Å². The van der Waals surface area contributed by atoms with E-state index >= 15 is 0 Å². The van der Waals surface area contributed by atoms with Crippen molar-refractivity contribution in [3.05, 3.63) is 144 Å². The summed E-state index contributed by atoms with van der Waals surface area (Å²) in [4.78, 5) is 81.7. The Hall–Kier alpha value is -7.02. The summed E-state index contributed by atoms with van der Waals surface area (Å²) in [6.07, 6.45) is 1.04. The van der Waals surface area contributed by atoms with Crippen molar-refractivity contribution in [3.8, 4) is 22.6 Å². The molecule has 2 saturated heterocycles. The molecule has 302 valence electrons. The average molecular weight is 797 g/mol. The van der Waals surface area contributed by atoms with Crippen LogP contribution < -0.4 is 11.5 Å². The van der Waals surface area contributed by atoms with Gasteiger partial charge in [0.05, 0.1) is 24.9 Å². The maximum absolute atomic E-state index is 14.2. The zero-order valence-electron chi connectivity index (χ0n) is 32.2. The minimum atomic E-state index is -2.06. The van der Waals surface area contributed by atoms with E-state index in [1.165, 1.54) is 0 Å². The number of carboxylic acids is 2. The van der Waals surface area contributed by atoms with Crippen molar-refractivity contribution in [1.82, 2.24) is 9.80 Å². The highest BCUT2D eigenvalue weighted by molar-refractivity contribution is 6.13. The number of primary amides is 2. The highest BCUT2D eigenvalue weighted by atomic mass is 16.4. The number of likely N-dealkylation sites (tertiary alicyclic amines) is 2. The minimum Gasteiger partial charge on any atom is -0.481 e. The molecular formula is C46H44N4O9. The predicted molar refractivity (Wildman–Crippen MR) is 216 cm³/mol. The number of carbonyl (C=O) groups excluding carboxylic acids is 4. The van der Waals surface area contributed by atoms with Crippen LogP contribution in [-0.2, 0) is 39.6 Å². The normalized spacial score (nSPS) is 18.4. The summed E-state index contributed by atoms with van der Waals surface area (Å²) in [6.45, 7) is 0.684. The average Bonchev–Trinajstić information content (AvgIpc) is 4.04. The van der Waals surface area contributed by atoms with Gasteiger partial charge in [-0.2, -0.15) is 0 Å². The summed E-state index contributed by atoms with van der Waals surface area (Å²) in [5.74, 6) is -4.72. The number of carboxylic acid groups (broad SMARTS) is 2. The molecule has 0 bridgehead atoms. The molecule has 6 N–H and O–H groups in total. The molecule has 4 amide bonds. The molecule has 2 aliphatic heterocycles. The lowest BCUT2D eigenvalue weighted by molar-refractivity contribution is -0.151. The van der Waals surface area contributed by atoms with Gasteiger partial charge < -0.3 is 35.9 Å². The number of amides is 4. The molecule has 4 atom stereocenters. The molecule has 13 heteroatoms. The first-order valence-corrected chi connectivity index (χ1v) is 19.4. The van der Waals surface area contributed by atoms with E-state index in [2.05, 4.69) is 0 Å². The van der Waals surface area contributed by atoms with Crippen molar-refractivity contribution >= 4 is 35.6 Å². The van der Waals surface area contributed by atoms with Crippen LogP contribution in [0.3, 0.4) is 0 Å². The third-order valence-corrected chi connectivity index (χ3v) is 11.7. The third kappa shape index (κ3) is 7.47. The standard InChI is InChI=1S/C46H44N4O9/c47-41(55)45(27-39(51)52,33-9-3-1-4-10-33)43(57)49-25-7-13-35(49)29-15-19-31(20-16-29)37-23-24-38(59-37)32-21-17-30(18-22-32)36-14-8-26-50(36)44(58)46(42(48)56,28-40(53)54)34-11-5-2-6-12-34/h1-6,9-12,15-24,35-36H,7-8,13-14,25-28H2,(H2,47,55)(H2,48,56)(H,51,52)(H,53,54)/t35-,36-,45-,46-/m0/s1. The Kier molecular flexibility index (Phi) is 11.2. The number of hydrogen-bond donors (Lipinski definition) is 4. The lowest BCUT2D eigenvalue weighted by atomic mass is 9.75. The zero-order valence-corrected chi connectivity index (χ0v) is 32.2. The van der Waals surface area contributed by atoms with Crippen LogP contribution in [0.4, 0.5) is 0 Å². The van der Waals surface area contributed by atoms with Gasteiger partial charge in [0.25, 0.3) is 0 Å². The van der Waals surface area contributed by atoms with E-state index in [0.717, 1.165) is 22.3 Å². The fourth-order valence-corrected chi connectivity index (χ4v) is 8.76. The molecule has 1 aromatic heterocycles. The fraction of sp³-hybridized carbons (Fsp3) is 0.261. The van der Waals surface area contributed by atoms with Crippen molar-refractivity contribution < 1.29 is 43.4 Å². The van der Waals surface area contributed by atoms with Gasteiger partial charge >= 0.3 is 11.9 Å². The van der Waals surface area contributed by atoms with Crippen molar-refractivity contribution in [3.63, 3.8) is 0 Å². The first-order chi connectivity index (χ1) is 28.4. The van der Waals surface area contributed by atoms with Crippen molar-refractivity contribution in [2.75, 3.05) is 13.1 Å². The molecule has 0 aliphatic carbocycles. The molecule has 2 fully saturated rings. The molecule has 0 radical (unpaired) electrons. The van der Waals surface area contributed by atoms with Gasteiger partial charge in [-0.1, -0.05) is 109 Å². The third-order valence-electron chi connectivity index (χ3n) is 11.7. The molecule has 4 aromatic carbocycles. The second-order valence-electron chi connectivity index (χ2n) is 15.1. The smallest absolute Gasteiger partial charge is 0.305 e. The number of nitrogens with two attached hydrogens (primary N) is 2. The molecule has 2 aliphatic rings. The van der Waals surface area contributed by atoms with Gasteiger partial charge in [-0.05, 0) is 60.1 Å². The van der Waals surface area contributed by atoms with Gasteiger partial charge in [0.15, 0.2) is 10.8 Å². The van der Waals surface area contributed by atoms with E-state index in [0.29, 0.717) is 50.3 Å². The Morgan fingerprint density at radius 2 is 0.898 bits per heavy atom. The van der Waals surface area contributed by atoms with Crippen molar-refractivity contribution in [1.29, 1.82) is 0 Å². The quantitative estimate of drug-likeness (QED) is 0.101. The number of nitrogens with zero attached hydrogens (tertiary/aromatic N) is 2. The van der Waals surface area contributed by atoms with E-state index < -0.39 is 71.3 Å². The number of aliphatic carboxylic acids is 2. The first-order valence-electron chi connectivity index (χ1n) is 19.4. The van der Waals surface area contributed by atoms with Gasteiger partial charge in [-0.3, -0.25) is 28.8 Å². The van der Waals surface area contributed by atoms with Crippen LogP contribution in [0.25, 0.3) is 22.6 Å². The Morgan fingerprint density at radius 3 is 1.22 bits per heavy atom. The van der Waals surface area contributed by atoms with E-state index in [1.54, 1.807) is 70.5 Å². The van der Waals surface area contributed by atoms with Crippen LogP contribution in [0.5, 0.6) is 0 Å². The SMILES string of the molecule is NC(=O)[C@@](CC(=O)O)(C(=O)N1CCC[C@H]1c1ccc(-c2ccc(-c3ccc([C@@H]4CCCN4C(=O)[C@](CC(=O)O)(C(N)=O)c4ccccc4)cc3)o2)cc1)c1ccccc1. The summed E-state index contributed by atoms with van der Waals surface area (Å²) < 4.78 is 6.28. The highest BCUT2D eigenvalue weighted by Gasteiger charge is 2.53. The van der Waals surface area contributed by atoms with Gasteiger partial charge in [-0.15, -0.1) is 0 Å². The molecule has 3 heterocycles. The van der Waals surface area contributed by atoms with Gasteiger partial charge in [0, 0.05) is 24.2 Å². The summed E-state index contributed by atoms with van der Waals surface area (Å²) in [5.41, 5.74) is 11.2. The molecule has 0 unspecified atom stereocenters. The monoisotopic (exact) mass is 796 g/mol. The number of hydrogen-bond acceptors (Lipinski definition) is 7. The molecule has 0 spiro atoms. The fourth-order valence-electron chi connectivity index (χ4n) is 8.76. The van der Waals surface area contributed by atoms with Gasteiger partial charge in [0.1, 0.15) is 11.5 Å². The van der Waals surface area contributed by atoms with Gasteiger partial charge in [0.2, 0.25) is 23.6 Å². The lowest BCUT2D eigenvalue weighted by Crippen LogP contribution is -2.55. The number of rotatable bonds is 14. The molecule has 5 aromatic rings. The Labute approximate surface area is 340 Å². The minimum absolute atomic E-state index is 0.239. The number of carbonyl (C=O) groups is 6. The number of benzene rings is 4. The highest BCUT2D eigenvalue weighted by Crippen LogP contribution is 2.42. The molecule has 0 saturated carbocycles. The van der Waals surface area contributed by atoms with Crippen LogP contribution in [0.15, 0.2) is 126 Å².